The standard InChI is InChI=1S/C16H25NO2/c1-17(2)11-15(12-7-9-13(18)10-8-12)14-5-3-4-6-16(14)19/h7-10,14-16,18-19H,3-6,11H2,1-2H3. The molecule has 3 heteroatoms. The maximum Gasteiger partial charge on any atom is 0.115 e. The third-order valence-corrected chi connectivity index (χ3v) is 4.18. The van der Waals surface area contributed by atoms with E-state index in [1.165, 1.54) is 12.0 Å². The normalized spacial score (nSPS) is 25.5. The highest BCUT2D eigenvalue weighted by molar-refractivity contribution is 5.29. The molecule has 1 aliphatic rings. The number of benzene rings is 1. The van der Waals surface area contributed by atoms with Gasteiger partial charge in [0, 0.05) is 12.5 Å². The van der Waals surface area contributed by atoms with Crippen LogP contribution in [0, 0.1) is 5.92 Å². The molecule has 0 radical (unpaired) electrons. The van der Waals surface area contributed by atoms with Crippen LogP contribution in [0.15, 0.2) is 24.3 Å². The maximum absolute atomic E-state index is 10.3. The molecule has 2 N–H and O–H groups in total. The second kappa shape index (κ2) is 6.40. The first-order valence-corrected chi connectivity index (χ1v) is 7.19. The van der Waals surface area contributed by atoms with Gasteiger partial charge in [-0.2, -0.15) is 0 Å². The number of nitrogens with zero attached hydrogens (tertiary/aromatic N) is 1. The molecule has 3 nitrogen and oxygen atoms in total. The number of hydrogen-bond acceptors (Lipinski definition) is 3. The predicted molar refractivity (Wildman–Crippen MR) is 77.4 cm³/mol. The summed E-state index contributed by atoms with van der Waals surface area (Å²) in [6.07, 6.45) is 4.19. The summed E-state index contributed by atoms with van der Waals surface area (Å²) < 4.78 is 0. The summed E-state index contributed by atoms with van der Waals surface area (Å²) in [4.78, 5) is 2.18. The van der Waals surface area contributed by atoms with Crippen molar-refractivity contribution in [3.05, 3.63) is 29.8 Å². The molecular weight excluding hydrogens is 238 g/mol. The third-order valence-electron chi connectivity index (χ3n) is 4.18. The topological polar surface area (TPSA) is 43.7 Å². The van der Waals surface area contributed by atoms with Crippen LogP contribution in [0.1, 0.15) is 37.2 Å². The average molecular weight is 263 g/mol. The molecule has 2 rings (SSSR count). The van der Waals surface area contributed by atoms with Crippen molar-refractivity contribution in [3.63, 3.8) is 0 Å². The number of likely N-dealkylation sites (N-methyl/N-ethyl adjacent to an activating group) is 1. The first-order valence-electron chi connectivity index (χ1n) is 7.19. The lowest BCUT2D eigenvalue weighted by Crippen LogP contribution is -2.35. The minimum atomic E-state index is -0.187. The van der Waals surface area contributed by atoms with Crippen LogP contribution >= 0.6 is 0 Å². The molecule has 0 heterocycles. The van der Waals surface area contributed by atoms with E-state index >= 15 is 0 Å². The fourth-order valence-electron chi connectivity index (χ4n) is 3.21. The molecule has 0 aromatic heterocycles. The zero-order valence-electron chi connectivity index (χ0n) is 11.9. The Kier molecular flexibility index (Phi) is 4.83. The van der Waals surface area contributed by atoms with E-state index in [1.54, 1.807) is 12.1 Å². The van der Waals surface area contributed by atoms with E-state index in [0.717, 1.165) is 25.8 Å². The zero-order valence-corrected chi connectivity index (χ0v) is 11.9. The van der Waals surface area contributed by atoms with Gasteiger partial charge in [0.05, 0.1) is 6.10 Å². The highest BCUT2D eigenvalue weighted by Gasteiger charge is 2.31. The summed E-state index contributed by atoms with van der Waals surface area (Å²) in [5, 5.41) is 19.7. The fraction of sp³-hybridized carbons (Fsp3) is 0.625. The zero-order chi connectivity index (χ0) is 13.8. The molecule has 0 aliphatic heterocycles. The smallest absolute Gasteiger partial charge is 0.115 e. The second-order valence-electron chi connectivity index (χ2n) is 5.98. The maximum atomic E-state index is 10.3. The van der Waals surface area contributed by atoms with E-state index in [-0.39, 0.29) is 6.10 Å². The predicted octanol–water partition coefficient (Wildman–Crippen LogP) is 2.59. The fourth-order valence-corrected chi connectivity index (χ4v) is 3.21. The second-order valence-corrected chi connectivity index (χ2v) is 5.98. The van der Waals surface area contributed by atoms with Gasteiger partial charge < -0.3 is 15.1 Å². The number of hydrogen-bond donors (Lipinski definition) is 2. The number of aliphatic hydroxyl groups excluding tert-OH is 1. The van der Waals surface area contributed by atoms with Crippen LogP contribution in [0.3, 0.4) is 0 Å². The molecule has 19 heavy (non-hydrogen) atoms. The molecule has 0 bridgehead atoms. The molecule has 1 saturated carbocycles. The summed E-state index contributed by atoms with van der Waals surface area (Å²) in [5.41, 5.74) is 1.22. The van der Waals surface area contributed by atoms with E-state index in [0.29, 0.717) is 17.6 Å². The minimum absolute atomic E-state index is 0.187. The lowest BCUT2D eigenvalue weighted by Gasteiger charge is -2.36. The highest BCUT2D eigenvalue weighted by atomic mass is 16.3. The van der Waals surface area contributed by atoms with Gasteiger partial charge >= 0.3 is 0 Å². The number of aromatic hydroxyl groups is 1. The minimum Gasteiger partial charge on any atom is -0.508 e. The molecular formula is C16H25NO2. The Morgan fingerprint density at radius 1 is 1.16 bits per heavy atom. The Morgan fingerprint density at radius 2 is 1.79 bits per heavy atom. The Hall–Kier alpha value is -1.06. The van der Waals surface area contributed by atoms with Gasteiger partial charge in [-0.1, -0.05) is 25.0 Å². The first-order chi connectivity index (χ1) is 9.08. The quantitative estimate of drug-likeness (QED) is 0.877. The Morgan fingerprint density at radius 3 is 2.37 bits per heavy atom. The van der Waals surface area contributed by atoms with Crippen molar-refractivity contribution in [2.45, 2.75) is 37.7 Å². The monoisotopic (exact) mass is 263 g/mol. The van der Waals surface area contributed by atoms with Crippen LogP contribution < -0.4 is 0 Å². The summed E-state index contributed by atoms with van der Waals surface area (Å²) in [6.45, 7) is 0.937. The van der Waals surface area contributed by atoms with E-state index < -0.39 is 0 Å². The average Bonchev–Trinajstić information content (AvgIpc) is 2.38. The molecule has 0 spiro atoms. The summed E-state index contributed by atoms with van der Waals surface area (Å²) in [6, 6.07) is 7.47. The number of phenolic OH excluding ortho intramolecular Hbond substituents is 1. The van der Waals surface area contributed by atoms with Crippen molar-refractivity contribution in [1.29, 1.82) is 0 Å². The van der Waals surface area contributed by atoms with Crippen molar-refractivity contribution in [1.82, 2.24) is 4.90 Å². The Labute approximate surface area is 115 Å². The molecule has 1 aromatic rings. The number of rotatable bonds is 4. The molecule has 1 aromatic carbocycles. The van der Waals surface area contributed by atoms with Gasteiger partial charge in [0.25, 0.3) is 0 Å². The van der Waals surface area contributed by atoms with Gasteiger partial charge in [-0.3, -0.25) is 0 Å². The summed E-state index contributed by atoms with van der Waals surface area (Å²) >= 11 is 0. The van der Waals surface area contributed by atoms with Crippen LogP contribution in [0.4, 0.5) is 0 Å². The van der Waals surface area contributed by atoms with Gasteiger partial charge in [-0.15, -0.1) is 0 Å². The van der Waals surface area contributed by atoms with E-state index in [4.69, 9.17) is 0 Å². The molecule has 3 unspecified atom stereocenters. The van der Waals surface area contributed by atoms with Crippen molar-refractivity contribution in [3.8, 4) is 5.75 Å². The molecule has 3 atom stereocenters. The van der Waals surface area contributed by atoms with Gasteiger partial charge in [-0.25, -0.2) is 0 Å². The lowest BCUT2D eigenvalue weighted by molar-refractivity contribution is 0.0494. The SMILES string of the molecule is CN(C)CC(c1ccc(O)cc1)C1CCCCC1O. The first kappa shape index (κ1) is 14.4. The lowest BCUT2D eigenvalue weighted by atomic mass is 9.75. The Bertz CT molecular complexity index is 388. The summed E-state index contributed by atoms with van der Waals surface area (Å²) in [7, 11) is 4.14. The van der Waals surface area contributed by atoms with Crippen LogP contribution in [0.2, 0.25) is 0 Å². The van der Waals surface area contributed by atoms with Gasteiger partial charge in [-0.05, 0) is 50.6 Å². The van der Waals surface area contributed by atoms with Crippen LogP contribution in [-0.2, 0) is 0 Å². The van der Waals surface area contributed by atoms with Crippen LogP contribution in [-0.4, -0.2) is 41.9 Å². The Balaban J connectivity index is 2.21. The van der Waals surface area contributed by atoms with Crippen molar-refractivity contribution in [2.24, 2.45) is 5.92 Å². The number of phenols is 1. The molecule has 0 amide bonds. The van der Waals surface area contributed by atoms with Crippen molar-refractivity contribution >= 4 is 0 Å². The van der Waals surface area contributed by atoms with E-state index in [1.807, 2.05) is 12.1 Å². The van der Waals surface area contributed by atoms with Gasteiger partial charge in [0.2, 0.25) is 0 Å². The molecule has 0 saturated heterocycles. The molecule has 1 aliphatic carbocycles. The number of aliphatic hydroxyl groups is 1. The van der Waals surface area contributed by atoms with Crippen molar-refractivity contribution in [2.75, 3.05) is 20.6 Å². The highest BCUT2D eigenvalue weighted by Crippen LogP contribution is 2.37. The van der Waals surface area contributed by atoms with Crippen LogP contribution in [0.5, 0.6) is 5.75 Å². The molecule has 106 valence electrons. The van der Waals surface area contributed by atoms with Crippen LogP contribution in [0.25, 0.3) is 0 Å². The van der Waals surface area contributed by atoms with E-state index in [9.17, 15) is 10.2 Å². The molecule has 1 fully saturated rings. The van der Waals surface area contributed by atoms with Crippen molar-refractivity contribution < 1.29 is 10.2 Å². The third kappa shape index (κ3) is 3.71. The largest absolute Gasteiger partial charge is 0.508 e. The van der Waals surface area contributed by atoms with E-state index in [2.05, 4.69) is 19.0 Å². The van der Waals surface area contributed by atoms with Gasteiger partial charge in [0.15, 0.2) is 0 Å². The summed E-state index contributed by atoms with van der Waals surface area (Å²) in [5.74, 6) is 0.975. The van der Waals surface area contributed by atoms with Gasteiger partial charge in [0.1, 0.15) is 5.75 Å².